The van der Waals surface area contributed by atoms with Gasteiger partial charge in [-0.2, -0.15) is 4.31 Å². The van der Waals surface area contributed by atoms with Gasteiger partial charge in [-0.15, -0.1) is 0 Å². The van der Waals surface area contributed by atoms with Crippen LogP contribution < -0.4 is 10.1 Å². The molecule has 3 aromatic carbocycles. The van der Waals surface area contributed by atoms with E-state index in [0.29, 0.717) is 18.7 Å². The van der Waals surface area contributed by atoms with Gasteiger partial charge >= 0.3 is 0 Å². The Morgan fingerprint density at radius 1 is 1.03 bits per heavy atom. The Morgan fingerprint density at radius 2 is 1.69 bits per heavy atom. The third-order valence-corrected chi connectivity index (χ3v) is 7.95. The Kier molecular flexibility index (Phi) is 6.64. The van der Waals surface area contributed by atoms with Gasteiger partial charge in [-0.1, -0.05) is 52.3 Å². The Balaban J connectivity index is 1.62. The zero-order valence-electron chi connectivity index (χ0n) is 17.5. The Labute approximate surface area is 196 Å². The summed E-state index contributed by atoms with van der Waals surface area (Å²) in [5, 5.41) is 2.91. The van der Waals surface area contributed by atoms with Crippen LogP contribution >= 0.6 is 15.9 Å². The van der Waals surface area contributed by atoms with Gasteiger partial charge in [-0.3, -0.25) is 4.79 Å². The smallest absolute Gasteiger partial charge is 0.244 e. The molecule has 166 valence electrons. The Hall–Kier alpha value is -2.68. The van der Waals surface area contributed by atoms with Crippen molar-refractivity contribution in [2.75, 3.05) is 7.11 Å². The lowest BCUT2D eigenvalue weighted by Crippen LogP contribution is -2.52. The molecule has 32 heavy (non-hydrogen) atoms. The highest BCUT2D eigenvalue weighted by Crippen LogP contribution is 2.30. The molecule has 0 aromatic heterocycles. The Morgan fingerprint density at radius 3 is 2.34 bits per heavy atom. The number of methoxy groups -OCH3 is 1. The largest absolute Gasteiger partial charge is 0.497 e. The second kappa shape index (κ2) is 9.44. The number of halogens is 1. The molecule has 1 N–H and O–H groups in total. The lowest BCUT2D eigenvalue weighted by molar-refractivity contribution is -0.125. The molecule has 1 atom stereocenters. The van der Waals surface area contributed by atoms with Crippen molar-refractivity contribution in [3.63, 3.8) is 0 Å². The minimum atomic E-state index is -3.90. The van der Waals surface area contributed by atoms with Crippen molar-refractivity contribution in [2.24, 2.45) is 0 Å². The number of nitrogens with one attached hydrogen (secondary N) is 1. The van der Waals surface area contributed by atoms with E-state index in [1.165, 1.54) is 23.5 Å². The average Bonchev–Trinajstić information content (AvgIpc) is 2.82. The summed E-state index contributed by atoms with van der Waals surface area (Å²) in [5.74, 6) is 0.247. The molecule has 0 saturated carbocycles. The number of carbonyl (C=O) groups excluding carboxylic acids is 1. The summed E-state index contributed by atoms with van der Waals surface area (Å²) in [6.07, 6.45) is 0.317. The lowest BCUT2D eigenvalue weighted by atomic mass is 9.95. The molecule has 0 aliphatic carbocycles. The predicted octanol–water partition coefficient (Wildman–Crippen LogP) is 3.89. The standard InChI is InChI=1S/C24H23BrN2O4S/c1-31-21-10-12-22(13-11-21)32(29,30)27-16-19-5-3-2-4-18(19)14-23(27)24(28)26-15-17-6-8-20(25)9-7-17/h2-13,23H,14-16H2,1H3,(H,26,28)/t23-/m0/s1. The molecule has 0 fully saturated rings. The van der Waals surface area contributed by atoms with Crippen LogP contribution in [0.1, 0.15) is 16.7 Å². The second-order valence-corrected chi connectivity index (χ2v) is 10.4. The van der Waals surface area contributed by atoms with Crippen LogP contribution in [0.3, 0.4) is 0 Å². The Bertz CT molecular complexity index is 1210. The van der Waals surface area contributed by atoms with Gasteiger partial charge in [0, 0.05) is 17.6 Å². The van der Waals surface area contributed by atoms with Gasteiger partial charge in [0.15, 0.2) is 0 Å². The number of ether oxygens (including phenoxy) is 1. The normalized spacial score (nSPS) is 16.2. The fraction of sp³-hybridized carbons (Fsp3) is 0.208. The highest BCUT2D eigenvalue weighted by molar-refractivity contribution is 9.10. The quantitative estimate of drug-likeness (QED) is 0.541. The van der Waals surface area contributed by atoms with E-state index in [2.05, 4.69) is 21.2 Å². The summed E-state index contributed by atoms with van der Waals surface area (Å²) in [4.78, 5) is 13.3. The fourth-order valence-corrected chi connectivity index (χ4v) is 5.60. The first-order valence-electron chi connectivity index (χ1n) is 10.1. The van der Waals surface area contributed by atoms with Crippen molar-refractivity contribution in [1.29, 1.82) is 0 Å². The summed E-state index contributed by atoms with van der Waals surface area (Å²) in [7, 11) is -2.38. The summed E-state index contributed by atoms with van der Waals surface area (Å²) in [6, 6.07) is 20.6. The number of amides is 1. The number of fused-ring (bicyclic) bond motifs is 1. The van der Waals surface area contributed by atoms with Crippen molar-refractivity contribution in [3.8, 4) is 5.75 Å². The molecule has 1 heterocycles. The molecule has 1 aliphatic rings. The zero-order valence-corrected chi connectivity index (χ0v) is 19.9. The van der Waals surface area contributed by atoms with E-state index >= 15 is 0 Å². The summed E-state index contributed by atoms with van der Waals surface area (Å²) in [5.41, 5.74) is 2.82. The van der Waals surface area contributed by atoms with Gasteiger partial charge in [0.2, 0.25) is 15.9 Å². The van der Waals surface area contributed by atoms with Crippen molar-refractivity contribution < 1.29 is 17.9 Å². The van der Waals surface area contributed by atoms with Crippen LogP contribution in [0.25, 0.3) is 0 Å². The number of carbonyl (C=O) groups is 1. The van der Waals surface area contributed by atoms with Crippen molar-refractivity contribution >= 4 is 31.9 Å². The maximum absolute atomic E-state index is 13.5. The maximum atomic E-state index is 13.5. The molecule has 0 spiro atoms. The molecule has 1 aliphatic heterocycles. The lowest BCUT2D eigenvalue weighted by Gasteiger charge is -2.35. The highest BCUT2D eigenvalue weighted by Gasteiger charge is 2.39. The van der Waals surface area contributed by atoms with Gasteiger partial charge in [0.05, 0.1) is 12.0 Å². The van der Waals surface area contributed by atoms with Crippen LogP contribution in [0.5, 0.6) is 5.75 Å². The second-order valence-electron chi connectivity index (χ2n) is 7.56. The molecule has 8 heteroatoms. The van der Waals surface area contributed by atoms with E-state index in [0.717, 1.165) is 21.2 Å². The van der Waals surface area contributed by atoms with Crippen molar-refractivity contribution in [1.82, 2.24) is 9.62 Å². The number of sulfonamides is 1. The highest BCUT2D eigenvalue weighted by atomic mass is 79.9. The van der Waals surface area contributed by atoms with Crippen LogP contribution in [0.4, 0.5) is 0 Å². The summed E-state index contributed by atoms with van der Waals surface area (Å²) in [6.45, 7) is 0.460. The SMILES string of the molecule is COc1ccc(S(=O)(=O)N2Cc3ccccc3C[C@H]2C(=O)NCc2ccc(Br)cc2)cc1. The van der Waals surface area contributed by atoms with E-state index in [-0.39, 0.29) is 17.3 Å². The topological polar surface area (TPSA) is 75.7 Å². The molecule has 0 bridgehead atoms. The maximum Gasteiger partial charge on any atom is 0.244 e. The van der Waals surface area contributed by atoms with Crippen molar-refractivity contribution in [3.05, 3.63) is 94.0 Å². The van der Waals surface area contributed by atoms with E-state index in [9.17, 15) is 13.2 Å². The van der Waals surface area contributed by atoms with Crippen molar-refractivity contribution in [2.45, 2.75) is 30.4 Å². The van der Waals surface area contributed by atoms with E-state index in [1.807, 2.05) is 48.5 Å². The van der Waals surface area contributed by atoms with Crippen LogP contribution in [-0.2, 0) is 34.3 Å². The predicted molar refractivity (Wildman–Crippen MR) is 126 cm³/mol. The van der Waals surface area contributed by atoms with Gasteiger partial charge in [0.25, 0.3) is 0 Å². The number of benzene rings is 3. The van der Waals surface area contributed by atoms with Gasteiger partial charge in [0.1, 0.15) is 11.8 Å². The molecular formula is C24H23BrN2O4S. The number of nitrogens with zero attached hydrogens (tertiary/aromatic N) is 1. The number of hydrogen-bond donors (Lipinski definition) is 1. The van der Waals surface area contributed by atoms with E-state index < -0.39 is 16.1 Å². The molecule has 3 aromatic rings. The first kappa shape index (κ1) is 22.5. The third kappa shape index (κ3) is 4.72. The monoisotopic (exact) mass is 514 g/mol. The van der Waals surface area contributed by atoms with Crippen LogP contribution in [0.2, 0.25) is 0 Å². The van der Waals surface area contributed by atoms with E-state index in [1.54, 1.807) is 12.1 Å². The molecule has 0 radical (unpaired) electrons. The summed E-state index contributed by atoms with van der Waals surface area (Å²) < 4.78 is 34.4. The summed E-state index contributed by atoms with van der Waals surface area (Å²) >= 11 is 3.40. The van der Waals surface area contributed by atoms with Gasteiger partial charge in [-0.25, -0.2) is 8.42 Å². The van der Waals surface area contributed by atoms with Gasteiger partial charge in [-0.05, 0) is 59.5 Å². The van der Waals surface area contributed by atoms with E-state index in [4.69, 9.17) is 4.74 Å². The average molecular weight is 515 g/mol. The van der Waals surface area contributed by atoms with Crippen LogP contribution in [0.15, 0.2) is 82.2 Å². The minimum Gasteiger partial charge on any atom is -0.497 e. The molecule has 0 saturated heterocycles. The third-order valence-electron chi connectivity index (χ3n) is 5.55. The number of rotatable bonds is 6. The van der Waals surface area contributed by atoms with Gasteiger partial charge < -0.3 is 10.1 Å². The molecule has 0 unspecified atom stereocenters. The molecule has 1 amide bonds. The molecule has 6 nitrogen and oxygen atoms in total. The van der Waals surface area contributed by atoms with Crippen LogP contribution in [0, 0.1) is 0 Å². The number of hydrogen-bond acceptors (Lipinski definition) is 4. The fourth-order valence-electron chi connectivity index (χ4n) is 3.77. The first-order valence-corrected chi connectivity index (χ1v) is 12.4. The van der Waals surface area contributed by atoms with Crippen LogP contribution in [-0.4, -0.2) is 31.8 Å². The molecule has 4 rings (SSSR count). The molecular weight excluding hydrogens is 492 g/mol. The first-order chi connectivity index (χ1) is 15.4. The minimum absolute atomic E-state index is 0.128. The zero-order chi connectivity index (χ0) is 22.7.